The van der Waals surface area contributed by atoms with E-state index in [1.54, 1.807) is 24.3 Å². The van der Waals surface area contributed by atoms with E-state index in [1.165, 1.54) is 6.20 Å². The zero-order valence-electron chi connectivity index (χ0n) is 12.4. The Morgan fingerprint density at radius 1 is 1.32 bits per heavy atom. The van der Waals surface area contributed by atoms with Gasteiger partial charge in [0.25, 0.3) is 5.91 Å². The maximum atomic E-state index is 11.7. The second kappa shape index (κ2) is 9.19. The van der Waals surface area contributed by atoms with Gasteiger partial charge in [-0.25, -0.2) is 0 Å². The van der Waals surface area contributed by atoms with Crippen LogP contribution in [0.1, 0.15) is 25.3 Å². The molecule has 0 aliphatic heterocycles. The van der Waals surface area contributed by atoms with Crippen molar-refractivity contribution in [2.45, 2.75) is 26.2 Å². The van der Waals surface area contributed by atoms with Crippen molar-refractivity contribution >= 4 is 17.6 Å². The number of rotatable bonds is 8. The summed E-state index contributed by atoms with van der Waals surface area (Å²) >= 11 is 0. The molecular formula is C16H19N3O3. The van der Waals surface area contributed by atoms with Crippen LogP contribution in [0.5, 0.6) is 0 Å². The average molecular weight is 301 g/mol. The van der Waals surface area contributed by atoms with Crippen molar-refractivity contribution in [1.82, 2.24) is 5.32 Å². The van der Waals surface area contributed by atoms with Crippen molar-refractivity contribution in [1.29, 1.82) is 5.26 Å². The second-order valence-corrected chi connectivity index (χ2v) is 4.69. The van der Waals surface area contributed by atoms with E-state index in [2.05, 4.69) is 10.6 Å². The molecule has 1 rings (SSSR count). The molecule has 22 heavy (non-hydrogen) atoms. The molecule has 0 radical (unpaired) electrons. The quantitative estimate of drug-likeness (QED) is 0.387. The van der Waals surface area contributed by atoms with Crippen molar-refractivity contribution < 1.29 is 14.7 Å². The maximum Gasteiger partial charge on any atom is 0.307 e. The number of carboxylic acid groups (broad SMARTS) is 1. The summed E-state index contributed by atoms with van der Waals surface area (Å²) in [6, 6.07) is 8.59. The molecule has 0 aliphatic rings. The van der Waals surface area contributed by atoms with E-state index in [0.29, 0.717) is 17.8 Å². The average Bonchev–Trinajstić information content (AvgIpc) is 2.49. The minimum Gasteiger partial charge on any atom is -0.481 e. The number of hydrogen-bond acceptors (Lipinski definition) is 4. The van der Waals surface area contributed by atoms with Gasteiger partial charge in [0.1, 0.15) is 11.6 Å². The summed E-state index contributed by atoms with van der Waals surface area (Å²) in [7, 11) is 0. The number of amides is 1. The highest BCUT2D eigenvalue weighted by atomic mass is 16.4. The number of nitrogens with zero attached hydrogens (tertiary/aromatic N) is 1. The van der Waals surface area contributed by atoms with Crippen LogP contribution in [0.2, 0.25) is 0 Å². The first-order chi connectivity index (χ1) is 10.6. The predicted octanol–water partition coefficient (Wildman–Crippen LogP) is 2.05. The van der Waals surface area contributed by atoms with Gasteiger partial charge in [0.15, 0.2) is 0 Å². The lowest BCUT2D eigenvalue weighted by Gasteiger charge is -2.05. The van der Waals surface area contributed by atoms with Gasteiger partial charge in [-0.3, -0.25) is 9.59 Å². The summed E-state index contributed by atoms with van der Waals surface area (Å²) in [6.07, 6.45) is 3.13. The monoisotopic (exact) mass is 301 g/mol. The lowest BCUT2D eigenvalue weighted by Crippen LogP contribution is -2.25. The Balaban J connectivity index is 2.62. The van der Waals surface area contributed by atoms with Crippen LogP contribution in [0.15, 0.2) is 36.0 Å². The van der Waals surface area contributed by atoms with Crippen LogP contribution in [0, 0.1) is 11.3 Å². The third-order valence-electron chi connectivity index (χ3n) is 2.87. The number of benzene rings is 1. The molecule has 116 valence electrons. The van der Waals surface area contributed by atoms with E-state index in [0.717, 1.165) is 12.8 Å². The number of unbranched alkanes of at least 4 members (excludes halogenated alkanes) is 1. The zero-order chi connectivity index (χ0) is 16.4. The molecule has 0 unspecified atom stereocenters. The fourth-order valence-corrected chi connectivity index (χ4v) is 1.67. The van der Waals surface area contributed by atoms with Gasteiger partial charge in [-0.05, 0) is 24.1 Å². The molecule has 0 fully saturated rings. The standard InChI is InChI=1S/C16H19N3O3/c1-2-3-8-18-16(22)13(10-17)11-19-14-6-4-12(5-7-14)9-15(20)21/h4-7,11,19H,2-3,8-9H2,1H3,(H,18,22)(H,20,21)/b13-11-. The van der Waals surface area contributed by atoms with Gasteiger partial charge in [-0.2, -0.15) is 5.26 Å². The molecule has 1 amide bonds. The van der Waals surface area contributed by atoms with Gasteiger partial charge in [0, 0.05) is 18.4 Å². The number of nitrogens with one attached hydrogen (secondary N) is 2. The van der Waals surface area contributed by atoms with Crippen LogP contribution in [-0.2, 0) is 16.0 Å². The smallest absolute Gasteiger partial charge is 0.307 e. The molecule has 6 nitrogen and oxygen atoms in total. The Bertz CT molecular complexity index is 586. The highest BCUT2D eigenvalue weighted by molar-refractivity contribution is 5.97. The van der Waals surface area contributed by atoms with Crippen LogP contribution in [-0.4, -0.2) is 23.5 Å². The Morgan fingerprint density at radius 2 is 2.00 bits per heavy atom. The molecule has 1 aromatic carbocycles. The lowest BCUT2D eigenvalue weighted by molar-refractivity contribution is -0.136. The normalized spacial score (nSPS) is 10.6. The largest absolute Gasteiger partial charge is 0.481 e. The topological polar surface area (TPSA) is 102 Å². The number of hydrogen-bond donors (Lipinski definition) is 3. The molecule has 0 heterocycles. The van der Waals surface area contributed by atoms with Crippen molar-refractivity contribution in [3.8, 4) is 6.07 Å². The van der Waals surface area contributed by atoms with Crippen molar-refractivity contribution in [2.75, 3.05) is 11.9 Å². The molecule has 0 saturated carbocycles. The fourth-order valence-electron chi connectivity index (χ4n) is 1.67. The van der Waals surface area contributed by atoms with Crippen molar-refractivity contribution in [2.24, 2.45) is 0 Å². The Kier molecular flexibility index (Phi) is 7.20. The minimum absolute atomic E-state index is 0.00860. The van der Waals surface area contributed by atoms with E-state index in [1.807, 2.05) is 13.0 Å². The summed E-state index contributed by atoms with van der Waals surface area (Å²) in [4.78, 5) is 22.3. The Hall–Kier alpha value is -2.81. The predicted molar refractivity (Wildman–Crippen MR) is 83.0 cm³/mol. The number of carbonyl (C=O) groups excluding carboxylic acids is 1. The summed E-state index contributed by atoms with van der Waals surface area (Å²) in [6.45, 7) is 2.56. The molecule has 0 bridgehead atoms. The number of nitriles is 1. The molecule has 0 aliphatic carbocycles. The van der Waals surface area contributed by atoms with Crippen LogP contribution in [0.3, 0.4) is 0 Å². The van der Waals surface area contributed by atoms with Crippen molar-refractivity contribution in [3.05, 3.63) is 41.6 Å². The van der Waals surface area contributed by atoms with E-state index in [9.17, 15) is 9.59 Å². The van der Waals surface area contributed by atoms with Crippen molar-refractivity contribution in [3.63, 3.8) is 0 Å². The third-order valence-corrected chi connectivity index (χ3v) is 2.87. The number of carbonyl (C=O) groups is 2. The Morgan fingerprint density at radius 3 is 2.55 bits per heavy atom. The zero-order valence-corrected chi connectivity index (χ0v) is 12.4. The number of carboxylic acids is 1. The third kappa shape index (κ3) is 6.09. The van der Waals surface area contributed by atoms with E-state index in [-0.39, 0.29) is 12.0 Å². The molecular weight excluding hydrogens is 282 g/mol. The highest BCUT2D eigenvalue weighted by Gasteiger charge is 2.07. The van der Waals surface area contributed by atoms with Crippen LogP contribution >= 0.6 is 0 Å². The SMILES string of the molecule is CCCCNC(=O)/C(C#N)=C\Nc1ccc(CC(=O)O)cc1. The van der Waals surface area contributed by atoms with Crippen LogP contribution < -0.4 is 10.6 Å². The second-order valence-electron chi connectivity index (χ2n) is 4.69. The van der Waals surface area contributed by atoms with Gasteiger partial charge < -0.3 is 15.7 Å². The molecule has 3 N–H and O–H groups in total. The summed E-state index contributed by atoms with van der Waals surface area (Å²) < 4.78 is 0. The van der Waals surface area contributed by atoms with E-state index in [4.69, 9.17) is 10.4 Å². The molecule has 0 spiro atoms. The van der Waals surface area contributed by atoms with Crippen LogP contribution in [0.4, 0.5) is 5.69 Å². The lowest BCUT2D eigenvalue weighted by atomic mass is 10.1. The number of anilines is 1. The Labute approximate surface area is 129 Å². The van der Waals surface area contributed by atoms with Gasteiger partial charge in [0.2, 0.25) is 0 Å². The fraction of sp³-hybridized carbons (Fsp3) is 0.312. The molecule has 6 heteroatoms. The molecule has 0 atom stereocenters. The van der Waals surface area contributed by atoms with Gasteiger partial charge >= 0.3 is 5.97 Å². The first kappa shape index (κ1) is 17.2. The summed E-state index contributed by atoms with van der Waals surface area (Å²) in [5.41, 5.74) is 1.34. The number of aliphatic carboxylic acids is 1. The van der Waals surface area contributed by atoms with E-state index < -0.39 is 11.9 Å². The maximum absolute atomic E-state index is 11.7. The minimum atomic E-state index is -0.892. The van der Waals surface area contributed by atoms with Gasteiger partial charge in [-0.1, -0.05) is 25.5 Å². The van der Waals surface area contributed by atoms with E-state index >= 15 is 0 Å². The highest BCUT2D eigenvalue weighted by Crippen LogP contribution is 2.10. The van der Waals surface area contributed by atoms with Gasteiger partial charge in [-0.15, -0.1) is 0 Å². The summed E-state index contributed by atoms with van der Waals surface area (Å²) in [5.74, 6) is -1.30. The molecule has 0 aromatic heterocycles. The first-order valence-corrected chi connectivity index (χ1v) is 7.02. The molecule has 0 saturated heterocycles. The van der Waals surface area contributed by atoms with Gasteiger partial charge in [0.05, 0.1) is 6.42 Å². The molecule has 1 aromatic rings. The first-order valence-electron chi connectivity index (χ1n) is 7.02. The summed E-state index contributed by atoms with van der Waals surface area (Å²) in [5, 5.41) is 23.2. The van der Waals surface area contributed by atoms with Crippen LogP contribution in [0.25, 0.3) is 0 Å².